The predicted molar refractivity (Wildman–Crippen MR) is 92.4 cm³/mol. The van der Waals surface area contributed by atoms with Crippen molar-refractivity contribution in [2.24, 2.45) is 9.98 Å². The van der Waals surface area contributed by atoms with Crippen molar-refractivity contribution in [1.29, 1.82) is 0 Å². The quantitative estimate of drug-likeness (QED) is 0.699. The predicted octanol–water partition coefficient (Wildman–Crippen LogP) is 4.92. The van der Waals surface area contributed by atoms with Gasteiger partial charge in [0.1, 0.15) is 0 Å². The van der Waals surface area contributed by atoms with Gasteiger partial charge in [-0.05, 0) is 42.3 Å². The Labute approximate surface area is 135 Å². The zero-order valence-corrected chi connectivity index (χ0v) is 13.2. The first-order chi connectivity index (χ1) is 10.1. The van der Waals surface area contributed by atoms with Crippen LogP contribution in [-0.2, 0) is 0 Å². The van der Waals surface area contributed by atoms with Gasteiger partial charge in [0.15, 0.2) is 0 Å². The minimum Gasteiger partial charge on any atom is -0.290 e. The molecule has 0 bridgehead atoms. The number of hydrogen-bond acceptors (Lipinski definition) is 2. The Morgan fingerprint density at radius 2 is 1.33 bits per heavy atom. The number of aliphatic imine (C=N–C) groups is 2. The molecule has 108 valence electrons. The fourth-order valence-corrected chi connectivity index (χ4v) is 1.92. The van der Waals surface area contributed by atoms with Crippen LogP contribution in [0.5, 0.6) is 0 Å². The monoisotopic (exact) mass is 318 g/mol. The van der Waals surface area contributed by atoms with Crippen LogP contribution in [0.4, 0.5) is 0 Å². The van der Waals surface area contributed by atoms with Crippen molar-refractivity contribution in [3.63, 3.8) is 0 Å². The second kappa shape index (κ2) is 7.96. The zero-order valence-electron chi connectivity index (χ0n) is 11.7. The van der Waals surface area contributed by atoms with Crippen LogP contribution in [0.3, 0.4) is 0 Å². The van der Waals surface area contributed by atoms with Crippen LogP contribution in [0.2, 0.25) is 10.0 Å². The van der Waals surface area contributed by atoms with E-state index in [1.54, 1.807) is 0 Å². The minimum atomic E-state index is 0.129. The maximum Gasteiger partial charge on any atom is 0.0666 e. The summed E-state index contributed by atoms with van der Waals surface area (Å²) in [7, 11) is 0. The highest BCUT2D eigenvalue weighted by atomic mass is 35.5. The molecule has 0 N–H and O–H groups in total. The second-order valence-electron chi connectivity index (χ2n) is 4.72. The largest absolute Gasteiger partial charge is 0.290 e. The Balaban J connectivity index is 1.85. The Hall–Kier alpha value is -1.64. The highest BCUT2D eigenvalue weighted by molar-refractivity contribution is 6.30. The molecule has 0 amide bonds. The van der Waals surface area contributed by atoms with Crippen molar-refractivity contribution in [3.05, 3.63) is 69.7 Å². The topological polar surface area (TPSA) is 24.7 Å². The molecule has 0 saturated heterocycles. The van der Waals surface area contributed by atoms with Crippen molar-refractivity contribution in [3.8, 4) is 0 Å². The molecule has 0 heterocycles. The van der Waals surface area contributed by atoms with Crippen LogP contribution in [0.25, 0.3) is 0 Å². The van der Waals surface area contributed by atoms with Crippen molar-refractivity contribution in [2.75, 3.05) is 6.54 Å². The maximum absolute atomic E-state index is 5.84. The van der Waals surface area contributed by atoms with Crippen molar-refractivity contribution in [1.82, 2.24) is 0 Å². The first-order valence-electron chi connectivity index (χ1n) is 6.67. The van der Waals surface area contributed by atoms with Crippen molar-refractivity contribution < 1.29 is 0 Å². The molecule has 1 atom stereocenters. The van der Waals surface area contributed by atoms with Gasteiger partial charge in [0.25, 0.3) is 0 Å². The van der Waals surface area contributed by atoms with Gasteiger partial charge in [-0.3, -0.25) is 9.98 Å². The van der Waals surface area contributed by atoms with E-state index in [9.17, 15) is 0 Å². The number of hydrogen-bond donors (Lipinski definition) is 0. The van der Waals surface area contributed by atoms with Crippen LogP contribution < -0.4 is 0 Å². The Bertz CT molecular complexity index is 616. The van der Waals surface area contributed by atoms with Crippen molar-refractivity contribution >= 4 is 35.6 Å². The molecule has 0 aromatic heterocycles. The molecule has 21 heavy (non-hydrogen) atoms. The first-order valence-corrected chi connectivity index (χ1v) is 7.43. The average molecular weight is 319 g/mol. The van der Waals surface area contributed by atoms with E-state index in [0.29, 0.717) is 6.54 Å². The van der Waals surface area contributed by atoms with Gasteiger partial charge in [-0.25, -0.2) is 0 Å². The molecular formula is C17H16Cl2N2. The third-order valence-corrected chi connectivity index (χ3v) is 3.33. The van der Waals surface area contributed by atoms with Gasteiger partial charge in [0, 0.05) is 22.5 Å². The van der Waals surface area contributed by atoms with E-state index >= 15 is 0 Å². The lowest BCUT2D eigenvalue weighted by molar-refractivity contribution is 0.761. The highest BCUT2D eigenvalue weighted by Crippen LogP contribution is 2.09. The maximum atomic E-state index is 5.84. The third-order valence-electron chi connectivity index (χ3n) is 2.83. The summed E-state index contributed by atoms with van der Waals surface area (Å²) in [6, 6.07) is 15.3. The molecule has 4 heteroatoms. The van der Waals surface area contributed by atoms with Crippen LogP contribution in [0, 0.1) is 0 Å². The lowest BCUT2D eigenvalue weighted by atomic mass is 10.2. The number of rotatable bonds is 5. The average Bonchev–Trinajstić information content (AvgIpc) is 2.49. The van der Waals surface area contributed by atoms with E-state index in [1.807, 2.05) is 67.9 Å². The summed E-state index contributed by atoms with van der Waals surface area (Å²) in [6.07, 6.45) is 3.68. The molecule has 0 saturated carbocycles. The van der Waals surface area contributed by atoms with Gasteiger partial charge in [-0.2, -0.15) is 0 Å². The molecule has 2 aromatic rings. The summed E-state index contributed by atoms with van der Waals surface area (Å²) in [5.74, 6) is 0. The molecular weight excluding hydrogens is 303 g/mol. The van der Waals surface area contributed by atoms with Crippen LogP contribution >= 0.6 is 23.2 Å². The Kier molecular flexibility index (Phi) is 5.97. The van der Waals surface area contributed by atoms with Gasteiger partial charge in [0.2, 0.25) is 0 Å². The Morgan fingerprint density at radius 3 is 1.86 bits per heavy atom. The molecule has 0 aliphatic heterocycles. The molecule has 0 fully saturated rings. The zero-order chi connectivity index (χ0) is 15.1. The standard InChI is InChI=1S/C17H16Cl2N2/c1-13(21-12-15-4-8-17(19)9-5-15)10-20-11-14-2-6-16(18)7-3-14/h2-9,11-13H,10H2,1H3/t13-/m0/s1. The molecule has 2 aromatic carbocycles. The SMILES string of the molecule is C[C@@H](CN=Cc1ccc(Cl)cc1)N=Cc1ccc(Cl)cc1. The summed E-state index contributed by atoms with van der Waals surface area (Å²) in [4.78, 5) is 8.86. The van der Waals surface area contributed by atoms with Gasteiger partial charge in [0.05, 0.1) is 12.6 Å². The van der Waals surface area contributed by atoms with E-state index in [0.717, 1.165) is 21.2 Å². The third kappa shape index (κ3) is 5.70. The summed E-state index contributed by atoms with van der Waals surface area (Å²) >= 11 is 11.7. The second-order valence-corrected chi connectivity index (χ2v) is 5.60. The molecule has 2 rings (SSSR count). The summed E-state index contributed by atoms with van der Waals surface area (Å²) in [5.41, 5.74) is 2.07. The van der Waals surface area contributed by atoms with Gasteiger partial charge < -0.3 is 0 Å². The smallest absolute Gasteiger partial charge is 0.0666 e. The number of halogens is 2. The molecule has 0 aliphatic rings. The molecule has 0 spiro atoms. The summed E-state index contributed by atoms with van der Waals surface area (Å²) in [6.45, 7) is 2.68. The highest BCUT2D eigenvalue weighted by Gasteiger charge is 1.96. The number of nitrogens with zero attached hydrogens (tertiary/aromatic N) is 2. The summed E-state index contributed by atoms with van der Waals surface area (Å²) in [5, 5.41) is 1.46. The Morgan fingerprint density at radius 1 is 0.857 bits per heavy atom. The number of benzene rings is 2. The lowest BCUT2D eigenvalue weighted by Gasteiger charge is -2.01. The lowest BCUT2D eigenvalue weighted by Crippen LogP contribution is -2.03. The van der Waals surface area contributed by atoms with Gasteiger partial charge >= 0.3 is 0 Å². The van der Waals surface area contributed by atoms with Crippen LogP contribution in [0.15, 0.2) is 58.5 Å². The van der Waals surface area contributed by atoms with Gasteiger partial charge in [-0.15, -0.1) is 0 Å². The van der Waals surface area contributed by atoms with E-state index in [4.69, 9.17) is 23.2 Å². The van der Waals surface area contributed by atoms with Crippen LogP contribution in [-0.4, -0.2) is 25.0 Å². The molecule has 0 unspecified atom stereocenters. The molecule has 0 aliphatic carbocycles. The minimum absolute atomic E-state index is 0.129. The van der Waals surface area contributed by atoms with E-state index < -0.39 is 0 Å². The van der Waals surface area contributed by atoms with Crippen LogP contribution in [0.1, 0.15) is 18.1 Å². The van der Waals surface area contributed by atoms with E-state index in [-0.39, 0.29) is 6.04 Å². The normalized spacial score (nSPS) is 13.1. The molecule has 0 radical (unpaired) electrons. The fourth-order valence-electron chi connectivity index (χ4n) is 1.67. The molecule has 2 nitrogen and oxygen atoms in total. The fraction of sp³-hybridized carbons (Fsp3) is 0.176. The van der Waals surface area contributed by atoms with E-state index in [2.05, 4.69) is 9.98 Å². The van der Waals surface area contributed by atoms with Gasteiger partial charge in [-0.1, -0.05) is 47.5 Å². The van der Waals surface area contributed by atoms with E-state index in [1.165, 1.54) is 0 Å². The first kappa shape index (κ1) is 15.7. The van der Waals surface area contributed by atoms with Crippen molar-refractivity contribution in [2.45, 2.75) is 13.0 Å². The summed E-state index contributed by atoms with van der Waals surface area (Å²) < 4.78 is 0.